The highest BCUT2D eigenvalue weighted by Crippen LogP contribution is 2.23. The molecule has 1 aliphatic rings. The summed E-state index contributed by atoms with van der Waals surface area (Å²) in [6.07, 6.45) is 6.60. The molecule has 0 bridgehead atoms. The van der Waals surface area contributed by atoms with E-state index in [2.05, 4.69) is 23.3 Å². The number of hydrazine groups is 1. The van der Waals surface area contributed by atoms with E-state index < -0.39 is 0 Å². The fourth-order valence-corrected chi connectivity index (χ4v) is 3.23. The molecule has 4 heteroatoms. The van der Waals surface area contributed by atoms with Crippen LogP contribution in [-0.2, 0) is 6.54 Å². The molecular weight excluding hydrogens is 262 g/mol. The highest BCUT2D eigenvalue weighted by atomic mass is 16.2. The van der Waals surface area contributed by atoms with Crippen molar-refractivity contribution in [2.75, 3.05) is 13.1 Å². The number of amides is 1. The summed E-state index contributed by atoms with van der Waals surface area (Å²) in [4.78, 5) is 14.1. The Balaban J connectivity index is 1.93. The van der Waals surface area contributed by atoms with E-state index in [4.69, 9.17) is 5.84 Å². The second-order valence-electron chi connectivity index (χ2n) is 6.04. The Bertz CT molecular complexity index is 461. The predicted molar refractivity (Wildman–Crippen MR) is 85.6 cm³/mol. The predicted octanol–water partition coefficient (Wildman–Crippen LogP) is 2.69. The topological polar surface area (TPSA) is 58.4 Å². The number of likely N-dealkylation sites (tertiary alicyclic amines) is 1. The molecule has 1 aliphatic heterocycles. The number of hydrogen-bond acceptors (Lipinski definition) is 3. The molecule has 0 radical (unpaired) electrons. The van der Waals surface area contributed by atoms with Gasteiger partial charge in [0.2, 0.25) is 0 Å². The van der Waals surface area contributed by atoms with E-state index in [1.165, 1.54) is 37.7 Å². The monoisotopic (exact) mass is 289 g/mol. The maximum atomic E-state index is 11.6. The lowest BCUT2D eigenvalue weighted by atomic mass is 9.96. The van der Waals surface area contributed by atoms with Crippen LogP contribution in [0.15, 0.2) is 24.3 Å². The van der Waals surface area contributed by atoms with E-state index in [0.717, 1.165) is 25.6 Å². The van der Waals surface area contributed by atoms with Gasteiger partial charge < -0.3 is 0 Å². The summed E-state index contributed by atoms with van der Waals surface area (Å²) in [5, 5.41) is 0. The molecule has 4 nitrogen and oxygen atoms in total. The fourth-order valence-electron chi connectivity index (χ4n) is 3.23. The second kappa shape index (κ2) is 8.15. The van der Waals surface area contributed by atoms with Crippen LogP contribution in [0.3, 0.4) is 0 Å². The van der Waals surface area contributed by atoms with Crippen molar-refractivity contribution < 1.29 is 4.79 Å². The summed E-state index contributed by atoms with van der Waals surface area (Å²) in [6.45, 7) is 5.52. The first-order valence-corrected chi connectivity index (χ1v) is 8.05. The Morgan fingerprint density at radius 3 is 3.00 bits per heavy atom. The maximum absolute atomic E-state index is 11.6. The Morgan fingerprint density at radius 2 is 2.24 bits per heavy atom. The molecule has 1 fully saturated rings. The lowest BCUT2D eigenvalue weighted by molar-refractivity contribution is 0.0953. The number of nitrogens with zero attached hydrogens (tertiary/aromatic N) is 1. The van der Waals surface area contributed by atoms with Gasteiger partial charge in [0.1, 0.15) is 0 Å². The summed E-state index contributed by atoms with van der Waals surface area (Å²) in [7, 11) is 0. The minimum atomic E-state index is -0.226. The molecule has 21 heavy (non-hydrogen) atoms. The highest BCUT2D eigenvalue weighted by Gasteiger charge is 2.16. The molecule has 0 aromatic heterocycles. The quantitative estimate of drug-likeness (QED) is 0.498. The molecule has 1 heterocycles. The molecule has 1 aromatic rings. The number of carbonyl (C=O) groups is 1. The summed E-state index contributed by atoms with van der Waals surface area (Å²) in [5.74, 6) is 5.86. The van der Waals surface area contributed by atoms with Crippen LogP contribution in [0, 0.1) is 5.92 Å². The molecule has 1 atom stereocenters. The van der Waals surface area contributed by atoms with Crippen molar-refractivity contribution in [2.45, 2.75) is 45.6 Å². The zero-order valence-electron chi connectivity index (χ0n) is 13.0. The molecule has 0 aliphatic carbocycles. The van der Waals surface area contributed by atoms with Crippen molar-refractivity contribution in [3.63, 3.8) is 0 Å². The Kier molecular flexibility index (Phi) is 6.21. The molecule has 0 saturated carbocycles. The first-order valence-electron chi connectivity index (χ1n) is 8.05. The lowest BCUT2D eigenvalue weighted by Crippen LogP contribution is -2.30. The van der Waals surface area contributed by atoms with Gasteiger partial charge in [-0.1, -0.05) is 31.9 Å². The average molecular weight is 289 g/mol. The molecule has 1 unspecified atom stereocenters. The zero-order chi connectivity index (χ0) is 15.1. The van der Waals surface area contributed by atoms with Crippen LogP contribution in [0.2, 0.25) is 0 Å². The van der Waals surface area contributed by atoms with Crippen LogP contribution in [0.4, 0.5) is 0 Å². The van der Waals surface area contributed by atoms with E-state index in [0.29, 0.717) is 5.56 Å². The second-order valence-corrected chi connectivity index (χ2v) is 6.04. The van der Waals surface area contributed by atoms with Gasteiger partial charge in [-0.3, -0.25) is 15.1 Å². The third kappa shape index (κ3) is 4.83. The lowest BCUT2D eigenvalue weighted by Gasteiger charge is -2.20. The summed E-state index contributed by atoms with van der Waals surface area (Å²) in [5.41, 5.74) is 4.01. The highest BCUT2D eigenvalue weighted by molar-refractivity contribution is 5.93. The molecule has 1 aromatic carbocycles. The van der Waals surface area contributed by atoms with Crippen LogP contribution in [0.5, 0.6) is 0 Å². The van der Waals surface area contributed by atoms with Crippen LogP contribution in [0.1, 0.15) is 54.9 Å². The molecule has 116 valence electrons. The molecule has 1 saturated heterocycles. The normalized spacial score (nSPS) is 20.0. The number of carbonyl (C=O) groups excluding carboxylic acids is 1. The van der Waals surface area contributed by atoms with Gasteiger partial charge in [-0.05, 0) is 56.0 Å². The maximum Gasteiger partial charge on any atom is 0.265 e. The van der Waals surface area contributed by atoms with Crippen molar-refractivity contribution in [3.05, 3.63) is 35.4 Å². The first-order chi connectivity index (χ1) is 10.2. The van der Waals surface area contributed by atoms with Crippen molar-refractivity contribution >= 4 is 5.91 Å². The minimum Gasteiger partial charge on any atom is -0.299 e. The molecule has 2 rings (SSSR count). The molecule has 0 spiro atoms. The van der Waals surface area contributed by atoms with Gasteiger partial charge in [0.25, 0.3) is 5.91 Å². The summed E-state index contributed by atoms with van der Waals surface area (Å²) < 4.78 is 0. The standard InChI is InChI=1S/C17H27N3O/c1-2-5-14-7-4-10-20(11-9-14)13-15-6-3-8-16(12-15)17(21)19-18/h3,6,8,12,14H,2,4-5,7,9-11,13,18H2,1H3,(H,19,21). The Morgan fingerprint density at radius 1 is 1.38 bits per heavy atom. The van der Waals surface area contributed by atoms with E-state index in [9.17, 15) is 4.79 Å². The number of nitrogen functional groups attached to an aromatic ring is 1. The number of nitrogens with one attached hydrogen (secondary N) is 1. The number of benzene rings is 1. The van der Waals surface area contributed by atoms with Crippen molar-refractivity contribution in [1.29, 1.82) is 0 Å². The molecular formula is C17H27N3O. The van der Waals surface area contributed by atoms with Crippen LogP contribution in [-0.4, -0.2) is 23.9 Å². The molecule has 1 amide bonds. The SMILES string of the molecule is CCCC1CCCN(Cc2cccc(C(=O)NN)c2)CC1. The largest absolute Gasteiger partial charge is 0.299 e. The first kappa shape index (κ1) is 16.0. The number of rotatable bonds is 5. The van der Waals surface area contributed by atoms with Gasteiger partial charge in [-0.15, -0.1) is 0 Å². The van der Waals surface area contributed by atoms with Gasteiger partial charge in [-0.2, -0.15) is 0 Å². The summed E-state index contributed by atoms with van der Waals surface area (Å²) >= 11 is 0. The Hall–Kier alpha value is -1.39. The Labute approximate surface area is 127 Å². The van der Waals surface area contributed by atoms with Gasteiger partial charge in [0.15, 0.2) is 0 Å². The van der Waals surface area contributed by atoms with Gasteiger partial charge in [0.05, 0.1) is 0 Å². The fraction of sp³-hybridized carbons (Fsp3) is 0.588. The number of nitrogens with two attached hydrogens (primary N) is 1. The van der Waals surface area contributed by atoms with Crippen molar-refractivity contribution in [1.82, 2.24) is 10.3 Å². The zero-order valence-corrected chi connectivity index (χ0v) is 13.0. The van der Waals surface area contributed by atoms with Crippen LogP contribution >= 0.6 is 0 Å². The smallest absolute Gasteiger partial charge is 0.265 e. The van der Waals surface area contributed by atoms with E-state index in [1.54, 1.807) is 6.07 Å². The van der Waals surface area contributed by atoms with Crippen LogP contribution < -0.4 is 11.3 Å². The summed E-state index contributed by atoms with van der Waals surface area (Å²) in [6, 6.07) is 7.75. The van der Waals surface area contributed by atoms with Crippen LogP contribution in [0.25, 0.3) is 0 Å². The van der Waals surface area contributed by atoms with E-state index in [1.807, 2.05) is 12.1 Å². The van der Waals surface area contributed by atoms with Crippen molar-refractivity contribution in [2.24, 2.45) is 11.8 Å². The minimum absolute atomic E-state index is 0.226. The van der Waals surface area contributed by atoms with Gasteiger partial charge in [0, 0.05) is 12.1 Å². The van der Waals surface area contributed by atoms with Crippen molar-refractivity contribution in [3.8, 4) is 0 Å². The van der Waals surface area contributed by atoms with Gasteiger partial charge in [-0.25, -0.2) is 5.84 Å². The molecule has 3 N–H and O–H groups in total. The van der Waals surface area contributed by atoms with E-state index in [-0.39, 0.29) is 5.91 Å². The number of hydrogen-bond donors (Lipinski definition) is 2. The average Bonchev–Trinajstić information content (AvgIpc) is 2.73. The third-order valence-electron chi connectivity index (χ3n) is 4.36. The van der Waals surface area contributed by atoms with Gasteiger partial charge >= 0.3 is 0 Å². The third-order valence-corrected chi connectivity index (χ3v) is 4.36. The van der Waals surface area contributed by atoms with E-state index >= 15 is 0 Å².